The second-order valence-electron chi connectivity index (χ2n) is 5.58. The molecule has 0 fully saturated rings. The molecule has 0 bridgehead atoms. The van der Waals surface area contributed by atoms with Crippen molar-refractivity contribution in [3.05, 3.63) is 59.7 Å². The fraction of sp³-hybridized carbons (Fsp3) is 0.316. The number of carbonyl (C=O) groups is 1. The van der Waals surface area contributed by atoms with Gasteiger partial charge in [-0.25, -0.2) is 0 Å². The molecule has 1 heterocycles. The van der Waals surface area contributed by atoms with E-state index in [-0.39, 0.29) is 5.91 Å². The summed E-state index contributed by atoms with van der Waals surface area (Å²) >= 11 is 0. The van der Waals surface area contributed by atoms with E-state index in [1.165, 1.54) is 7.11 Å². The third-order valence-electron chi connectivity index (χ3n) is 3.85. The molecule has 1 N–H and O–H groups in total. The van der Waals surface area contributed by atoms with Crippen molar-refractivity contribution in [3.8, 4) is 11.5 Å². The normalized spacial score (nSPS) is 14.5. The molecule has 0 saturated heterocycles. The lowest BCUT2D eigenvalue weighted by molar-refractivity contribution is -0.131. The molecule has 1 aliphatic heterocycles. The average molecular weight is 327 g/mol. The highest BCUT2D eigenvalue weighted by Gasteiger charge is 2.19. The number of methoxy groups -OCH3 is 1. The minimum atomic E-state index is -0.619. The maximum atomic E-state index is 12.4. The molecule has 5 heteroatoms. The summed E-state index contributed by atoms with van der Waals surface area (Å²) in [7, 11) is 1.53. The second-order valence-corrected chi connectivity index (χ2v) is 5.58. The molecule has 1 amide bonds. The van der Waals surface area contributed by atoms with E-state index >= 15 is 0 Å². The van der Waals surface area contributed by atoms with Gasteiger partial charge in [0.05, 0.1) is 13.2 Å². The van der Waals surface area contributed by atoms with E-state index < -0.39 is 6.10 Å². The number of hydrogen-bond donors (Lipinski definition) is 1. The Bertz CT molecular complexity index is 687. The number of amides is 1. The van der Waals surface area contributed by atoms with E-state index in [2.05, 4.69) is 5.32 Å². The van der Waals surface area contributed by atoms with Crippen molar-refractivity contribution in [2.75, 3.05) is 20.3 Å². The Balaban J connectivity index is 1.64. The predicted molar refractivity (Wildman–Crippen MR) is 90.1 cm³/mol. The number of hydrogen-bond acceptors (Lipinski definition) is 4. The zero-order valence-electron chi connectivity index (χ0n) is 13.7. The van der Waals surface area contributed by atoms with Crippen LogP contribution in [0.1, 0.15) is 23.7 Å². The third kappa shape index (κ3) is 3.86. The lowest BCUT2D eigenvalue weighted by Gasteiger charge is -2.16. The summed E-state index contributed by atoms with van der Waals surface area (Å²) in [5, 5.41) is 2.91. The highest BCUT2D eigenvalue weighted by atomic mass is 16.5. The molecule has 0 spiro atoms. The van der Waals surface area contributed by atoms with Gasteiger partial charge >= 0.3 is 0 Å². The fourth-order valence-electron chi connectivity index (χ4n) is 2.62. The van der Waals surface area contributed by atoms with Crippen LogP contribution in [0.15, 0.2) is 48.5 Å². The van der Waals surface area contributed by atoms with E-state index in [0.717, 1.165) is 29.0 Å². The number of fused-ring (bicyclic) bond motifs is 1. The first kappa shape index (κ1) is 16.3. The molecule has 0 saturated carbocycles. The standard InChI is InChI=1S/C19H21NO4/c1-22-18(15-6-3-2-4-7-15)19(21)20-13-14-8-9-16-17(12-14)24-11-5-10-23-16/h2-4,6-9,12,18H,5,10-11,13H2,1H3,(H,20,21)/t18-/m1/s1. The largest absolute Gasteiger partial charge is 0.490 e. The summed E-state index contributed by atoms with van der Waals surface area (Å²) in [6.07, 6.45) is 0.250. The maximum Gasteiger partial charge on any atom is 0.254 e. The molecular weight excluding hydrogens is 306 g/mol. The summed E-state index contributed by atoms with van der Waals surface area (Å²) in [5.74, 6) is 1.31. The zero-order valence-corrected chi connectivity index (χ0v) is 13.7. The van der Waals surface area contributed by atoms with Crippen molar-refractivity contribution in [1.82, 2.24) is 5.32 Å². The lowest BCUT2D eigenvalue weighted by Crippen LogP contribution is -2.29. The van der Waals surface area contributed by atoms with Crippen LogP contribution in [-0.4, -0.2) is 26.2 Å². The Morgan fingerprint density at radius 3 is 2.62 bits per heavy atom. The van der Waals surface area contributed by atoms with Gasteiger partial charge in [0, 0.05) is 20.1 Å². The van der Waals surface area contributed by atoms with Gasteiger partial charge in [-0.3, -0.25) is 4.79 Å². The van der Waals surface area contributed by atoms with Crippen molar-refractivity contribution in [2.24, 2.45) is 0 Å². The number of ether oxygens (including phenoxy) is 3. The van der Waals surface area contributed by atoms with Gasteiger partial charge in [-0.1, -0.05) is 36.4 Å². The molecule has 0 unspecified atom stereocenters. The van der Waals surface area contributed by atoms with E-state index in [1.807, 2.05) is 48.5 Å². The number of rotatable bonds is 5. The molecule has 2 aromatic carbocycles. The Morgan fingerprint density at radius 2 is 1.88 bits per heavy atom. The Morgan fingerprint density at radius 1 is 1.12 bits per heavy atom. The Kier molecular flexibility index (Phi) is 5.33. The fourth-order valence-corrected chi connectivity index (χ4v) is 2.62. The molecule has 1 aliphatic rings. The van der Waals surface area contributed by atoms with Crippen molar-refractivity contribution in [2.45, 2.75) is 19.1 Å². The summed E-state index contributed by atoms with van der Waals surface area (Å²) in [4.78, 5) is 12.4. The van der Waals surface area contributed by atoms with Crippen molar-refractivity contribution >= 4 is 5.91 Å². The first-order valence-electron chi connectivity index (χ1n) is 8.02. The minimum Gasteiger partial charge on any atom is -0.490 e. The van der Waals surface area contributed by atoms with E-state index in [1.54, 1.807) is 0 Å². The SMILES string of the molecule is CO[C@@H](C(=O)NCc1ccc2c(c1)OCCCO2)c1ccccc1. The lowest BCUT2D eigenvalue weighted by atomic mass is 10.1. The molecule has 2 aromatic rings. The second kappa shape index (κ2) is 7.84. The van der Waals surface area contributed by atoms with Gasteiger partial charge in [-0.15, -0.1) is 0 Å². The summed E-state index contributed by atoms with van der Waals surface area (Å²) < 4.78 is 16.6. The molecule has 0 aliphatic carbocycles. The summed E-state index contributed by atoms with van der Waals surface area (Å²) in [6.45, 7) is 1.71. The van der Waals surface area contributed by atoms with Gasteiger partial charge in [-0.2, -0.15) is 0 Å². The number of nitrogens with one attached hydrogen (secondary N) is 1. The van der Waals surface area contributed by atoms with Gasteiger partial charge in [0.1, 0.15) is 0 Å². The molecule has 1 atom stereocenters. The van der Waals surface area contributed by atoms with Crippen molar-refractivity contribution < 1.29 is 19.0 Å². The number of benzene rings is 2. The first-order valence-corrected chi connectivity index (χ1v) is 8.02. The average Bonchev–Trinajstić information content (AvgIpc) is 2.86. The van der Waals surface area contributed by atoms with E-state index in [9.17, 15) is 4.79 Å². The maximum absolute atomic E-state index is 12.4. The summed E-state index contributed by atoms with van der Waals surface area (Å²) in [5.41, 5.74) is 1.78. The van der Waals surface area contributed by atoms with Crippen molar-refractivity contribution in [3.63, 3.8) is 0 Å². The molecule has 3 rings (SSSR count). The van der Waals surface area contributed by atoms with E-state index in [4.69, 9.17) is 14.2 Å². The topological polar surface area (TPSA) is 56.8 Å². The zero-order chi connectivity index (χ0) is 16.8. The smallest absolute Gasteiger partial charge is 0.254 e. The number of carbonyl (C=O) groups excluding carboxylic acids is 1. The Labute approximate surface area is 141 Å². The third-order valence-corrected chi connectivity index (χ3v) is 3.85. The monoisotopic (exact) mass is 327 g/mol. The molecule has 0 radical (unpaired) electrons. The predicted octanol–water partition coefficient (Wildman–Crippen LogP) is 2.85. The van der Waals surface area contributed by atoms with Crippen LogP contribution < -0.4 is 14.8 Å². The van der Waals surface area contributed by atoms with Crippen LogP contribution in [0.5, 0.6) is 11.5 Å². The van der Waals surface area contributed by atoms with Gasteiger partial charge in [-0.05, 0) is 23.3 Å². The summed E-state index contributed by atoms with van der Waals surface area (Å²) in [6, 6.07) is 15.2. The Hall–Kier alpha value is -2.53. The first-order chi connectivity index (χ1) is 11.8. The van der Waals surface area contributed by atoms with Crippen LogP contribution in [0.25, 0.3) is 0 Å². The molecule has 126 valence electrons. The van der Waals surface area contributed by atoms with Crippen molar-refractivity contribution in [1.29, 1.82) is 0 Å². The van der Waals surface area contributed by atoms with Gasteiger partial charge in [0.25, 0.3) is 5.91 Å². The quantitative estimate of drug-likeness (QED) is 0.917. The molecule has 24 heavy (non-hydrogen) atoms. The van der Waals surface area contributed by atoms with Crippen LogP contribution in [0.4, 0.5) is 0 Å². The minimum absolute atomic E-state index is 0.171. The highest BCUT2D eigenvalue weighted by molar-refractivity contribution is 5.82. The van der Waals surface area contributed by atoms with E-state index in [0.29, 0.717) is 19.8 Å². The van der Waals surface area contributed by atoms with Crippen LogP contribution in [-0.2, 0) is 16.1 Å². The van der Waals surface area contributed by atoms with Crippen LogP contribution in [0.3, 0.4) is 0 Å². The van der Waals surface area contributed by atoms with Crippen LogP contribution in [0, 0.1) is 0 Å². The van der Waals surface area contributed by atoms with Gasteiger partial charge in [0.2, 0.25) is 0 Å². The van der Waals surface area contributed by atoms with Gasteiger partial charge < -0.3 is 19.5 Å². The molecular formula is C19H21NO4. The molecule has 5 nitrogen and oxygen atoms in total. The molecule has 0 aromatic heterocycles. The van der Waals surface area contributed by atoms with Gasteiger partial charge in [0.15, 0.2) is 17.6 Å². The van der Waals surface area contributed by atoms with Crippen LogP contribution in [0.2, 0.25) is 0 Å². The highest BCUT2D eigenvalue weighted by Crippen LogP contribution is 2.30. The van der Waals surface area contributed by atoms with Crippen LogP contribution >= 0.6 is 0 Å².